The number of amides is 2. The van der Waals surface area contributed by atoms with Crippen LogP contribution >= 0.6 is 0 Å². The van der Waals surface area contributed by atoms with E-state index in [1.54, 1.807) is 23.1 Å². The van der Waals surface area contributed by atoms with Crippen LogP contribution in [0, 0.1) is 0 Å². The van der Waals surface area contributed by atoms with Gasteiger partial charge in [0.25, 0.3) is 11.8 Å². The Labute approximate surface area is 189 Å². The van der Waals surface area contributed by atoms with Crippen LogP contribution in [0.5, 0.6) is 0 Å². The van der Waals surface area contributed by atoms with Gasteiger partial charge in [0, 0.05) is 44.0 Å². The third kappa shape index (κ3) is 5.63. The number of anilines is 1. The van der Waals surface area contributed by atoms with E-state index < -0.39 is 29.5 Å². The van der Waals surface area contributed by atoms with Crippen molar-refractivity contribution in [2.24, 2.45) is 16.5 Å². The second-order valence-corrected chi connectivity index (χ2v) is 8.15. The molecular weight excluding hydrogens is 435 g/mol. The molecule has 0 atom stereocenters. The summed E-state index contributed by atoms with van der Waals surface area (Å²) in [6, 6.07) is 10.6. The highest BCUT2D eigenvalue weighted by molar-refractivity contribution is 6.02. The number of aliphatic imine (C=N–C) groups is 1. The number of hydrogen-bond acceptors (Lipinski definition) is 3. The number of alkyl halides is 3. The van der Waals surface area contributed by atoms with Crippen LogP contribution in [0.4, 0.5) is 18.9 Å². The van der Waals surface area contributed by atoms with Crippen LogP contribution in [0.15, 0.2) is 47.5 Å². The number of guanidine groups is 1. The fraction of sp³-hybridized carbons (Fsp3) is 0.348. The van der Waals surface area contributed by atoms with Crippen LogP contribution in [0.3, 0.4) is 0 Å². The Balaban J connectivity index is 1.78. The molecule has 0 aliphatic carbocycles. The van der Waals surface area contributed by atoms with Gasteiger partial charge in [-0.15, -0.1) is 0 Å². The summed E-state index contributed by atoms with van der Waals surface area (Å²) in [5.74, 6) is -2.00. The van der Waals surface area contributed by atoms with Gasteiger partial charge in [-0.2, -0.15) is 18.2 Å². The SMILES string of the molecule is CN(C)c1cccc(C(=O)N2CCC(c3ccc(C(=O)N=C(N)N)cc3C(F)(F)F)CC2)c1. The number of likely N-dealkylation sites (tertiary alicyclic amines) is 1. The van der Waals surface area contributed by atoms with E-state index in [1.807, 2.05) is 25.1 Å². The van der Waals surface area contributed by atoms with Gasteiger partial charge in [-0.3, -0.25) is 9.59 Å². The zero-order valence-corrected chi connectivity index (χ0v) is 18.4. The van der Waals surface area contributed by atoms with Crippen LogP contribution in [0.25, 0.3) is 0 Å². The first-order chi connectivity index (χ1) is 15.5. The van der Waals surface area contributed by atoms with Crippen molar-refractivity contribution in [3.05, 3.63) is 64.7 Å². The summed E-state index contributed by atoms with van der Waals surface area (Å²) in [5.41, 5.74) is 10.7. The highest BCUT2D eigenvalue weighted by atomic mass is 19.4. The molecule has 1 aliphatic heterocycles. The molecular formula is C23H26F3N5O2. The van der Waals surface area contributed by atoms with Gasteiger partial charge in [0.15, 0.2) is 5.96 Å². The molecule has 0 aromatic heterocycles. The van der Waals surface area contributed by atoms with E-state index in [0.29, 0.717) is 31.5 Å². The second kappa shape index (κ2) is 9.51. The Morgan fingerprint density at radius 1 is 1.03 bits per heavy atom. The first kappa shape index (κ1) is 24.1. The highest BCUT2D eigenvalue weighted by Gasteiger charge is 2.37. The van der Waals surface area contributed by atoms with Crippen molar-refractivity contribution < 1.29 is 22.8 Å². The zero-order valence-electron chi connectivity index (χ0n) is 18.4. The number of nitrogens with two attached hydrogens (primary N) is 2. The molecule has 0 saturated carbocycles. The molecule has 10 heteroatoms. The van der Waals surface area contributed by atoms with Gasteiger partial charge in [0.05, 0.1) is 5.56 Å². The summed E-state index contributed by atoms with van der Waals surface area (Å²) < 4.78 is 41.3. The minimum absolute atomic E-state index is 0.102. The lowest BCUT2D eigenvalue weighted by atomic mass is 9.85. The lowest BCUT2D eigenvalue weighted by Gasteiger charge is -2.33. The second-order valence-electron chi connectivity index (χ2n) is 8.15. The van der Waals surface area contributed by atoms with Crippen LogP contribution in [-0.2, 0) is 6.18 Å². The average Bonchev–Trinajstić information content (AvgIpc) is 2.77. The quantitative estimate of drug-likeness (QED) is 0.537. The fourth-order valence-corrected chi connectivity index (χ4v) is 3.97. The van der Waals surface area contributed by atoms with Gasteiger partial charge in [-0.25, -0.2) is 0 Å². The molecule has 1 heterocycles. The lowest BCUT2D eigenvalue weighted by molar-refractivity contribution is -0.138. The number of piperidine rings is 1. The maximum Gasteiger partial charge on any atom is 0.416 e. The van der Waals surface area contributed by atoms with E-state index in [1.165, 1.54) is 12.1 Å². The molecule has 1 fully saturated rings. The summed E-state index contributed by atoms with van der Waals surface area (Å²) >= 11 is 0. The Morgan fingerprint density at radius 2 is 1.70 bits per heavy atom. The van der Waals surface area contributed by atoms with E-state index >= 15 is 0 Å². The fourth-order valence-electron chi connectivity index (χ4n) is 3.97. The number of hydrogen-bond donors (Lipinski definition) is 2. The zero-order chi connectivity index (χ0) is 24.3. The van der Waals surface area contributed by atoms with E-state index in [0.717, 1.165) is 11.8 Å². The molecule has 2 aromatic rings. The topological polar surface area (TPSA) is 105 Å². The summed E-state index contributed by atoms with van der Waals surface area (Å²) in [4.78, 5) is 31.7. The van der Waals surface area contributed by atoms with Crippen LogP contribution < -0.4 is 16.4 Å². The van der Waals surface area contributed by atoms with Crippen molar-refractivity contribution in [1.29, 1.82) is 0 Å². The molecule has 1 saturated heterocycles. The van der Waals surface area contributed by atoms with Gasteiger partial charge in [-0.05, 0) is 54.7 Å². The largest absolute Gasteiger partial charge is 0.416 e. The van der Waals surface area contributed by atoms with Crippen molar-refractivity contribution in [2.45, 2.75) is 24.9 Å². The maximum absolute atomic E-state index is 13.8. The van der Waals surface area contributed by atoms with Crippen molar-refractivity contribution in [3.8, 4) is 0 Å². The third-order valence-electron chi connectivity index (χ3n) is 5.67. The lowest BCUT2D eigenvalue weighted by Crippen LogP contribution is -2.38. The predicted octanol–water partition coefficient (Wildman–Crippen LogP) is 3.20. The first-order valence-corrected chi connectivity index (χ1v) is 10.4. The molecule has 4 N–H and O–H groups in total. The van der Waals surface area contributed by atoms with Gasteiger partial charge < -0.3 is 21.3 Å². The van der Waals surface area contributed by atoms with Crippen LogP contribution in [0.2, 0.25) is 0 Å². The summed E-state index contributed by atoms with van der Waals surface area (Å²) in [5, 5.41) is 0. The standard InChI is InChI=1S/C23H26F3N5O2/c1-30(2)17-5-3-4-16(12-17)21(33)31-10-8-14(9-11-31)18-7-6-15(20(32)29-22(27)28)13-19(18)23(24,25)26/h3-7,12-14H,8-11H2,1-2H3,(H4,27,28,29,32). The van der Waals surface area contributed by atoms with Gasteiger partial charge in [-0.1, -0.05) is 12.1 Å². The number of halogens is 3. The Bertz CT molecular complexity index is 1070. The molecule has 0 bridgehead atoms. The van der Waals surface area contributed by atoms with Gasteiger partial charge in [0.1, 0.15) is 0 Å². The predicted molar refractivity (Wildman–Crippen MR) is 120 cm³/mol. The molecule has 1 aliphatic rings. The van der Waals surface area contributed by atoms with Gasteiger partial charge >= 0.3 is 6.18 Å². The smallest absolute Gasteiger partial charge is 0.378 e. The normalized spacial score (nSPS) is 14.6. The van der Waals surface area contributed by atoms with Gasteiger partial charge in [0.2, 0.25) is 0 Å². The number of carbonyl (C=O) groups excluding carboxylic acids is 2. The minimum atomic E-state index is -4.65. The maximum atomic E-state index is 13.8. The van der Waals surface area contributed by atoms with Crippen LogP contribution in [-0.4, -0.2) is 49.9 Å². The van der Waals surface area contributed by atoms with Crippen molar-refractivity contribution in [3.63, 3.8) is 0 Å². The number of rotatable bonds is 4. The summed E-state index contributed by atoms with van der Waals surface area (Å²) in [6.07, 6.45) is -3.89. The Hall–Kier alpha value is -3.56. The van der Waals surface area contributed by atoms with E-state index in [-0.39, 0.29) is 17.0 Å². The Morgan fingerprint density at radius 3 is 2.27 bits per heavy atom. The van der Waals surface area contributed by atoms with Crippen LogP contribution in [0.1, 0.15) is 50.6 Å². The highest BCUT2D eigenvalue weighted by Crippen LogP contribution is 2.39. The average molecular weight is 461 g/mol. The monoisotopic (exact) mass is 461 g/mol. The molecule has 176 valence electrons. The molecule has 33 heavy (non-hydrogen) atoms. The van der Waals surface area contributed by atoms with Crippen molar-refractivity contribution in [2.75, 3.05) is 32.1 Å². The number of benzene rings is 2. The van der Waals surface area contributed by atoms with E-state index in [9.17, 15) is 22.8 Å². The molecule has 0 unspecified atom stereocenters. The number of nitrogens with zero attached hydrogens (tertiary/aromatic N) is 3. The molecule has 3 rings (SSSR count). The molecule has 2 amide bonds. The molecule has 0 spiro atoms. The van der Waals surface area contributed by atoms with Crippen molar-refractivity contribution in [1.82, 2.24) is 4.90 Å². The van der Waals surface area contributed by atoms with E-state index in [4.69, 9.17) is 11.5 Å². The van der Waals surface area contributed by atoms with Crippen molar-refractivity contribution >= 4 is 23.5 Å². The minimum Gasteiger partial charge on any atom is -0.378 e. The molecule has 0 radical (unpaired) electrons. The Kier molecular flexibility index (Phi) is 6.95. The van der Waals surface area contributed by atoms with E-state index in [2.05, 4.69) is 4.99 Å². The summed E-state index contributed by atoms with van der Waals surface area (Å²) in [7, 11) is 3.76. The third-order valence-corrected chi connectivity index (χ3v) is 5.67. The molecule has 7 nitrogen and oxygen atoms in total. The number of carbonyl (C=O) groups is 2. The first-order valence-electron chi connectivity index (χ1n) is 10.4. The molecule has 2 aromatic carbocycles. The summed E-state index contributed by atoms with van der Waals surface area (Å²) in [6.45, 7) is 0.670.